The minimum Gasteiger partial charge on any atom is -0.269 e. The van der Waals surface area contributed by atoms with Gasteiger partial charge in [-0.25, -0.2) is 9.98 Å². The van der Waals surface area contributed by atoms with E-state index in [2.05, 4.69) is 169 Å². The fourth-order valence-electron chi connectivity index (χ4n) is 7.79. The summed E-state index contributed by atoms with van der Waals surface area (Å²) in [6.07, 6.45) is 16.1. The van der Waals surface area contributed by atoms with Crippen LogP contribution in [-0.4, -0.2) is 18.3 Å². The molecular weight excluding hydrogens is 655 g/mol. The average Bonchev–Trinajstić information content (AvgIpc) is 3.24. The summed E-state index contributed by atoms with van der Waals surface area (Å²) in [5, 5.41) is 7.35. The SMILES string of the molecule is C=C(N=C(N=Cc1cccc(C2=CN=CCC2)c1)c1cccc(-c2c3ccccc3c(-c3ccc4ccccc4c3)c3ccccc23)c1)C1=CC=CCC1. The van der Waals surface area contributed by atoms with Crippen molar-refractivity contribution in [2.75, 3.05) is 0 Å². The largest absolute Gasteiger partial charge is 0.269 e. The highest BCUT2D eigenvalue weighted by atomic mass is 14.9. The molecule has 1 aliphatic carbocycles. The van der Waals surface area contributed by atoms with Gasteiger partial charge in [0.1, 0.15) is 0 Å². The molecule has 0 radical (unpaired) electrons. The molecule has 3 nitrogen and oxygen atoms in total. The van der Waals surface area contributed by atoms with Crippen molar-refractivity contribution in [2.24, 2.45) is 15.0 Å². The normalized spacial score (nSPS) is 14.6. The van der Waals surface area contributed by atoms with Crippen molar-refractivity contribution >= 4 is 56.2 Å². The standard InChI is InChI=1S/C51H39N3/c1-35(37-15-3-2-4-16-37)54-51(53-33-36-14-11-19-39(30-36)44-22-13-29-52-34-44)43-21-12-20-41(32-43)49-45-23-7-9-25-47(45)50(48-26-10-8-24-46(48)49)42-28-27-38-17-5-6-18-40(38)31-42/h2-3,5-12,14-15,17-21,23-34H,1,4,13,16,22H2. The second-order valence-corrected chi connectivity index (χ2v) is 13.9. The van der Waals surface area contributed by atoms with Crippen molar-refractivity contribution in [1.82, 2.24) is 0 Å². The fraction of sp³-hybridized carbons (Fsp3) is 0.0784. The zero-order chi connectivity index (χ0) is 36.3. The van der Waals surface area contributed by atoms with Crippen molar-refractivity contribution < 1.29 is 0 Å². The van der Waals surface area contributed by atoms with E-state index in [4.69, 9.17) is 9.98 Å². The lowest BCUT2D eigenvalue weighted by Gasteiger charge is -2.18. The molecule has 54 heavy (non-hydrogen) atoms. The predicted molar refractivity (Wildman–Crippen MR) is 232 cm³/mol. The van der Waals surface area contributed by atoms with E-state index in [1.165, 1.54) is 60.1 Å². The Kier molecular flexibility index (Phi) is 9.04. The van der Waals surface area contributed by atoms with Crippen LogP contribution in [0.3, 0.4) is 0 Å². The molecule has 0 fully saturated rings. The van der Waals surface area contributed by atoms with Crippen LogP contribution in [0.2, 0.25) is 0 Å². The summed E-state index contributed by atoms with van der Waals surface area (Å²) in [4.78, 5) is 14.6. The summed E-state index contributed by atoms with van der Waals surface area (Å²) in [6.45, 7) is 4.41. The minimum absolute atomic E-state index is 0.630. The van der Waals surface area contributed by atoms with Crippen LogP contribution in [0, 0.1) is 0 Å². The molecule has 0 spiro atoms. The van der Waals surface area contributed by atoms with E-state index >= 15 is 0 Å². The van der Waals surface area contributed by atoms with Crippen LogP contribution < -0.4 is 0 Å². The Hall–Kier alpha value is -6.71. The number of amidine groups is 1. The molecular formula is C51H39N3. The van der Waals surface area contributed by atoms with Gasteiger partial charge in [-0.1, -0.05) is 146 Å². The predicted octanol–water partition coefficient (Wildman–Crippen LogP) is 13.3. The third kappa shape index (κ3) is 6.57. The highest BCUT2D eigenvalue weighted by Gasteiger charge is 2.18. The van der Waals surface area contributed by atoms with E-state index in [1.54, 1.807) is 0 Å². The van der Waals surface area contributed by atoms with Crippen LogP contribution in [0.15, 0.2) is 197 Å². The first-order chi connectivity index (χ1) is 26.7. The van der Waals surface area contributed by atoms with Crippen LogP contribution in [-0.2, 0) is 0 Å². The highest BCUT2D eigenvalue weighted by molar-refractivity contribution is 6.22. The number of rotatable bonds is 7. The Balaban J connectivity index is 1.19. The lowest BCUT2D eigenvalue weighted by atomic mass is 9.85. The fourth-order valence-corrected chi connectivity index (χ4v) is 7.79. The van der Waals surface area contributed by atoms with Gasteiger partial charge in [-0.15, -0.1) is 0 Å². The molecule has 7 aromatic carbocycles. The third-order valence-corrected chi connectivity index (χ3v) is 10.5. The van der Waals surface area contributed by atoms with Gasteiger partial charge in [0.25, 0.3) is 0 Å². The van der Waals surface area contributed by atoms with Crippen LogP contribution in [0.4, 0.5) is 0 Å². The molecule has 0 unspecified atom stereocenters. The number of nitrogens with zero attached hydrogens (tertiary/aromatic N) is 3. The van der Waals surface area contributed by atoms with Crippen molar-refractivity contribution in [3.8, 4) is 22.3 Å². The number of hydrogen-bond donors (Lipinski definition) is 0. The quantitative estimate of drug-likeness (QED) is 0.0905. The zero-order valence-electron chi connectivity index (χ0n) is 30.1. The number of benzene rings is 7. The van der Waals surface area contributed by atoms with E-state index in [0.717, 1.165) is 53.6 Å². The van der Waals surface area contributed by atoms with Gasteiger partial charge in [-0.05, 0) is 121 Å². The molecule has 0 N–H and O–H groups in total. The molecule has 1 aliphatic heterocycles. The van der Waals surface area contributed by atoms with Crippen LogP contribution in [0.5, 0.6) is 0 Å². The summed E-state index contributed by atoms with van der Waals surface area (Å²) < 4.78 is 0. The molecule has 1 heterocycles. The zero-order valence-corrected chi connectivity index (χ0v) is 30.1. The second-order valence-electron chi connectivity index (χ2n) is 13.9. The average molecular weight is 694 g/mol. The Labute approximate surface area is 316 Å². The van der Waals surface area contributed by atoms with Gasteiger partial charge in [0.15, 0.2) is 5.84 Å². The minimum atomic E-state index is 0.630. The number of hydrogen-bond acceptors (Lipinski definition) is 2. The molecule has 7 aromatic rings. The first-order valence-electron chi connectivity index (χ1n) is 18.7. The molecule has 0 saturated carbocycles. The first kappa shape index (κ1) is 33.1. The van der Waals surface area contributed by atoms with Crippen molar-refractivity contribution in [3.05, 3.63) is 198 Å². The maximum absolute atomic E-state index is 5.13. The lowest BCUT2D eigenvalue weighted by Crippen LogP contribution is -2.02. The Morgan fingerprint density at radius 3 is 2.00 bits per heavy atom. The second kappa shape index (κ2) is 14.7. The smallest absolute Gasteiger partial charge is 0.159 e. The Bertz CT molecular complexity index is 2730. The molecule has 2 aliphatic rings. The molecule has 0 saturated heterocycles. The first-order valence-corrected chi connectivity index (χ1v) is 18.7. The van der Waals surface area contributed by atoms with Crippen LogP contribution >= 0.6 is 0 Å². The van der Waals surface area contributed by atoms with Gasteiger partial charge < -0.3 is 0 Å². The van der Waals surface area contributed by atoms with Gasteiger partial charge in [-0.3, -0.25) is 4.99 Å². The summed E-state index contributed by atoms with van der Waals surface area (Å²) in [5.74, 6) is 0.630. The Morgan fingerprint density at radius 2 is 1.30 bits per heavy atom. The van der Waals surface area contributed by atoms with Crippen LogP contribution in [0.1, 0.15) is 42.4 Å². The number of fused-ring (bicyclic) bond motifs is 3. The monoisotopic (exact) mass is 693 g/mol. The summed E-state index contributed by atoms with van der Waals surface area (Å²) >= 11 is 0. The summed E-state index contributed by atoms with van der Waals surface area (Å²) in [6, 6.07) is 50.2. The third-order valence-electron chi connectivity index (χ3n) is 10.5. The van der Waals surface area contributed by atoms with E-state index in [1.807, 2.05) is 18.6 Å². The van der Waals surface area contributed by atoms with Gasteiger partial charge in [0, 0.05) is 24.2 Å². The van der Waals surface area contributed by atoms with Crippen molar-refractivity contribution in [2.45, 2.75) is 25.7 Å². The van der Waals surface area contributed by atoms with Gasteiger partial charge in [-0.2, -0.15) is 0 Å². The molecule has 0 aromatic heterocycles. The van der Waals surface area contributed by atoms with E-state index in [9.17, 15) is 0 Å². The Morgan fingerprint density at radius 1 is 0.611 bits per heavy atom. The number of allylic oxidation sites excluding steroid dienone is 5. The maximum atomic E-state index is 5.13. The number of aliphatic imine (C=N–C) groups is 3. The maximum Gasteiger partial charge on any atom is 0.159 e. The van der Waals surface area contributed by atoms with Gasteiger partial charge in [0.05, 0.1) is 5.70 Å². The molecule has 0 amide bonds. The molecule has 9 rings (SSSR count). The highest BCUT2D eigenvalue weighted by Crippen LogP contribution is 2.44. The molecule has 0 bridgehead atoms. The summed E-state index contributed by atoms with van der Waals surface area (Å²) in [7, 11) is 0. The van der Waals surface area contributed by atoms with Crippen molar-refractivity contribution in [3.63, 3.8) is 0 Å². The van der Waals surface area contributed by atoms with Crippen molar-refractivity contribution in [1.29, 1.82) is 0 Å². The van der Waals surface area contributed by atoms with Gasteiger partial charge >= 0.3 is 0 Å². The van der Waals surface area contributed by atoms with Crippen LogP contribution in [0.25, 0.3) is 60.1 Å². The van der Waals surface area contributed by atoms with E-state index < -0.39 is 0 Å². The molecule has 258 valence electrons. The van der Waals surface area contributed by atoms with Gasteiger partial charge in [0.2, 0.25) is 0 Å². The van der Waals surface area contributed by atoms with E-state index in [-0.39, 0.29) is 0 Å². The lowest BCUT2D eigenvalue weighted by molar-refractivity contribution is 0.964. The molecule has 3 heteroatoms. The molecule has 0 atom stereocenters. The summed E-state index contributed by atoms with van der Waals surface area (Å²) in [5.41, 5.74) is 11.0. The topological polar surface area (TPSA) is 37.1 Å². The van der Waals surface area contributed by atoms with E-state index in [0.29, 0.717) is 5.84 Å².